The molecule has 0 aliphatic rings. The number of nitrogens with zero attached hydrogens (tertiary/aromatic N) is 2. The Labute approximate surface area is 134 Å². The molecule has 0 aromatic carbocycles. The summed E-state index contributed by atoms with van der Waals surface area (Å²) in [6, 6.07) is 0. The summed E-state index contributed by atoms with van der Waals surface area (Å²) in [5.41, 5.74) is 0. The molecule has 0 atom stereocenters. The van der Waals surface area contributed by atoms with Gasteiger partial charge >= 0.3 is 19.5 Å². The standard InChI is InChI=1S/C10H20N2O4S2.Zn/c1-3-5-7-11(9(13)14)17-18-12(10(15)16)8-6-4-2;/h3-8H2,1-2H3,(H,13,14)(H,15,16);/q;+2/p-2. The molecule has 0 aromatic rings. The van der Waals surface area contributed by atoms with Gasteiger partial charge in [-0.2, -0.15) is 0 Å². The Balaban J connectivity index is 0. The molecule has 9 heteroatoms. The molecular weight excluding hydrogens is 342 g/mol. The van der Waals surface area contributed by atoms with Gasteiger partial charge in [0.05, 0.1) is 0 Å². The van der Waals surface area contributed by atoms with Crippen LogP contribution >= 0.6 is 22.0 Å². The molecule has 0 rings (SSSR count). The molecule has 0 aliphatic heterocycles. The van der Waals surface area contributed by atoms with Crippen molar-refractivity contribution >= 4 is 34.1 Å². The molecule has 2 amide bonds. The zero-order valence-electron chi connectivity index (χ0n) is 11.3. The minimum absolute atomic E-state index is 0. The Morgan fingerprint density at radius 1 is 0.895 bits per heavy atom. The number of amides is 2. The summed E-state index contributed by atoms with van der Waals surface area (Å²) < 4.78 is 2.05. The van der Waals surface area contributed by atoms with Crippen LogP contribution in [0.4, 0.5) is 9.59 Å². The molecule has 6 nitrogen and oxygen atoms in total. The third kappa shape index (κ3) is 10.3. The quantitative estimate of drug-likeness (QED) is 0.348. The van der Waals surface area contributed by atoms with E-state index in [4.69, 9.17) is 0 Å². The van der Waals surface area contributed by atoms with Crippen molar-refractivity contribution in [2.75, 3.05) is 13.1 Å². The minimum atomic E-state index is -1.31. The predicted molar refractivity (Wildman–Crippen MR) is 69.2 cm³/mol. The predicted octanol–water partition coefficient (Wildman–Crippen LogP) is 1.09. The van der Waals surface area contributed by atoms with E-state index in [0.29, 0.717) is 25.9 Å². The third-order valence-corrected chi connectivity index (χ3v) is 4.42. The summed E-state index contributed by atoms with van der Waals surface area (Å²) in [4.78, 5) is 21.6. The summed E-state index contributed by atoms with van der Waals surface area (Å²) in [6.45, 7) is 4.54. The van der Waals surface area contributed by atoms with E-state index in [1.807, 2.05) is 13.8 Å². The van der Waals surface area contributed by atoms with Crippen LogP contribution in [0.5, 0.6) is 0 Å². The Morgan fingerprint density at radius 3 is 1.42 bits per heavy atom. The maximum atomic E-state index is 10.8. The minimum Gasteiger partial charge on any atom is -0.529 e. The van der Waals surface area contributed by atoms with E-state index in [1.54, 1.807) is 0 Å². The van der Waals surface area contributed by atoms with Gasteiger partial charge in [-0.15, -0.1) is 0 Å². The van der Waals surface area contributed by atoms with Crippen LogP contribution in [0.25, 0.3) is 0 Å². The van der Waals surface area contributed by atoms with Crippen LogP contribution < -0.4 is 10.2 Å². The first kappa shape index (κ1) is 21.2. The van der Waals surface area contributed by atoms with Crippen molar-refractivity contribution in [2.45, 2.75) is 39.5 Å². The average Bonchev–Trinajstić information content (AvgIpc) is 2.31. The summed E-state index contributed by atoms with van der Waals surface area (Å²) >= 11 is 0. The molecular formula is C10H18N2O4S2Zn. The van der Waals surface area contributed by atoms with Gasteiger partial charge in [-0.3, -0.25) is 8.61 Å². The molecule has 0 radical (unpaired) electrons. The Bertz CT molecular complexity index is 246. The molecule has 0 fully saturated rings. The topological polar surface area (TPSA) is 86.7 Å². The van der Waals surface area contributed by atoms with Crippen LogP contribution in [0, 0.1) is 0 Å². The van der Waals surface area contributed by atoms with E-state index >= 15 is 0 Å². The molecule has 0 heterocycles. The number of hydrogen-bond acceptors (Lipinski definition) is 6. The summed E-state index contributed by atoms with van der Waals surface area (Å²) in [5, 5.41) is 21.6. The molecule has 106 valence electrons. The largest absolute Gasteiger partial charge is 2.00 e. The molecule has 0 aliphatic carbocycles. The number of hydrogen-bond donors (Lipinski definition) is 0. The maximum Gasteiger partial charge on any atom is 2.00 e. The van der Waals surface area contributed by atoms with Crippen molar-refractivity contribution in [3.8, 4) is 0 Å². The first-order valence-electron chi connectivity index (χ1n) is 5.84. The van der Waals surface area contributed by atoms with Gasteiger partial charge < -0.3 is 19.8 Å². The van der Waals surface area contributed by atoms with Gasteiger partial charge in [0.1, 0.15) is 12.2 Å². The van der Waals surface area contributed by atoms with Crippen molar-refractivity contribution < 1.29 is 39.3 Å². The second kappa shape index (κ2) is 12.9. The molecule has 0 unspecified atom stereocenters. The van der Waals surface area contributed by atoms with Crippen molar-refractivity contribution in [2.24, 2.45) is 0 Å². The molecule has 0 N–H and O–H groups in total. The van der Waals surface area contributed by atoms with Crippen molar-refractivity contribution in [1.29, 1.82) is 0 Å². The monoisotopic (exact) mass is 358 g/mol. The van der Waals surface area contributed by atoms with Crippen molar-refractivity contribution in [3.63, 3.8) is 0 Å². The van der Waals surface area contributed by atoms with Gasteiger partial charge in [0.2, 0.25) is 0 Å². The number of carbonyl (C=O) groups excluding carboxylic acids is 2. The average molecular weight is 360 g/mol. The maximum absolute atomic E-state index is 10.8. The van der Waals surface area contributed by atoms with E-state index < -0.39 is 12.2 Å². The smallest absolute Gasteiger partial charge is 0.529 e. The van der Waals surface area contributed by atoms with Gasteiger partial charge in [0.15, 0.2) is 0 Å². The molecule has 0 spiro atoms. The fraction of sp³-hybridized carbons (Fsp3) is 0.800. The van der Waals surface area contributed by atoms with Crippen LogP contribution in [-0.2, 0) is 19.5 Å². The van der Waals surface area contributed by atoms with Gasteiger partial charge in [-0.25, -0.2) is 0 Å². The van der Waals surface area contributed by atoms with Crippen LogP contribution in [-0.4, -0.2) is 33.9 Å². The first-order chi connectivity index (χ1) is 8.52. The molecule has 0 bridgehead atoms. The second-order valence-corrected chi connectivity index (χ2v) is 5.67. The third-order valence-electron chi connectivity index (χ3n) is 2.05. The van der Waals surface area contributed by atoms with Gasteiger partial charge in [-0.1, -0.05) is 26.7 Å². The second-order valence-electron chi connectivity index (χ2n) is 3.59. The van der Waals surface area contributed by atoms with Crippen LogP contribution in [0.2, 0.25) is 0 Å². The van der Waals surface area contributed by atoms with Gasteiger partial charge in [0, 0.05) is 35.0 Å². The number of unbranched alkanes of at least 4 members (excludes halogenated alkanes) is 2. The van der Waals surface area contributed by atoms with E-state index in [9.17, 15) is 19.8 Å². The summed E-state index contributed by atoms with van der Waals surface area (Å²) in [6.07, 6.45) is 0.512. The first-order valence-corrected chi connectivity index (χ1v) is 7.91. The van der Waals surface area contributed by atoms with E-state index in [0.717, 1.165) is 43.4 Å². The van der Waals surface area contributed by atoms with Crippen LogP contribution in [0.1, 0.15) is 39.5 Å². The zero-order chi connectivity index (χ0) is 14.0. The number of rotatable bonds is 9. The molecule has 19 heavy (non-hydrogen) atoms. The Morgan fingerprint density at radius 2 is 1.21 bits per heavy atom. The summed E-state index contributed by atoms with van der Waals surface area (Å²) in [7, 11) is 1.70. The van der Waals surface area contributed by atoms with E-state index in [1.165, 1.54) is 0 Å². The molecule has 0 aromatic heterocycles. The van der Waals surface area contributed by atoms with E-state index in [-0.39, 0.29) is 19.5 Å². The van der Waals surface area contributed by atoms with Gasteiger partial charge in [0.25, 0.3) is 0 Å². The fourth-order valence-corrected chi connectivity index (χ4v) is 2.99. The fourth-order valence-electron chi connectivity index (χ4n) is 1.00. The Kier molecular flexibility index (Phi) is 14.3. The number of carbonyl (C=O) groups is 2. The van der Waals surface area contributed by atoms with E-state index in [2.05, 4.69) is 0 Å². The van der Waals surface area contributed by atoms with Gasteiger partial charge in [-0.05, 0) is 12.8 Å². The molecule has 0 saturated carbocycles. The molecule has 0 saturated heterocycles. The zero-order valence-corrected chi connectivity index (χ0v) is 15.9. The normalized spacial score (nSPS) is 9.58. The Hall–Kier alpha value is -0.137. The van der Waals surface area contributed by atoms with Crippen LogP contribution in [0.15, 0.2) is 0 Å². The number of carboxylic acid groups (broad SMARTS) is 2. The van der Waals surface area contributed by atoms with Crippen LogP contribution in [0.3, 0.4) is 0 Å². The van der Waals surface area contributed by atoms with Crippen molar-refractivity contribution in [1.82, 2.24) is 8.61 Å². The SMILES string of the molecule is CCCCN(SSN(CCCC)C(=O)[O-])C(=O)[O-].[Zn+2]. The summed E-state index contributed by atoms with van der Waals surface area (Å²) in [5.74, 6) is 0. The van der Waals surface area contributed by atoms with Crippen molar-refractivity contribution in [3.05, 3.63) is 0 Å².